The Kier molecular flexibility index (Phi) is 69.1. The smallest absolute Gasteiger partial charge is 0.306 e. The number of allylic oxidation sites excluding steroid dienone is 6. The Balaban J connectivity index is 4.06. The number of ether oxygens (including phenoxy) is 3. The first kappa shape index (κ1) is 79.6. The van der Waals surface area contributed by atoms with E-state index >= 15 is 0 Å². The van der Waals surface area contributed by atoms with Gasteiger partial charge in [0, 0.05) is 19.3 Å². The third kappa shape index (κ3) is 68.4. The van der Waals surface area contributed by atoms with Gasteiger partial charge in [-0.3, -0.25) is 14.4 Å². The van der Waals surface area contributed by atoms with Crippen molar-refractivity contribution < 1.29 is 28.6 Å². The second kappa shape index (κ2) is 71.1. The minimum atomic E-state index is -0.771. The van der Waals surface area contributed by atoms with Crippen LogP contribution in [-0.4, -0.2) is 37.2 Å². The summed E-state index contributed by atoms with van der Waals surface area (Å²) in [5, 5.41) is 0. The molecule has 482 valence electrons. The van der Waals surface area contributed by atoms with Gasteiger partial charge in [-0.1, -0.05) is 353 Å². The first-order chi connectivity index (χ1) is 40.5. The van der Waals surface area contributed by atoms with Crippen LogP contribution in [-0.2, 0) is 28.6 Å². The number of hydrogen-bond donors (Lipinski definition) is 0. The van der Waals surface area contributed by atoms with Crippen LogP contribution in [0.15, 0.2) is 36.5 Å². The fourth-order valence-corrected chi connectivity index (χ4v) is 11.3. The Morgan fingerprint density at radius 1 is 0.244 bits per heavy atom. The lowest BCUT2D eigenvalue weighted by Gasteiger charge is -2.18. The second-order valence-corrected chi connectivity index (χ2v) is 25.2. The quantitative estimate of drug-likeness (QED) is 0.0261. The zero-order valence-electron chi connectivity index (χ0n) is 55.5. The molecule has 0 aliphatic heterocycles. The largest absolute Gasteiger partial charge is 0.462 e. The van der Waals surface area contributed by atoms with E-state index in [1.807, 2.05) is 0 Å². The highest BCUT2D eigenvalue weighted by atomic mass is 16.6. The molecule has 6 heteroatoms. The maximum atomic E-state index is 12.9. The molecule has 0 rings (SSSR count). The number of carbonyl (C=O) groups is 3. The van der Waals surface area contributed by atoms with Gasteiger partial charge in [-0.25, -0.2) is 0 Å². The summed E-state index contributed by atoms with van der Waals surface area (Å²) < 4.78 is 17.0. The van der Waals surface area contributed by atoms with Gasteiger partial charge in [-0.2, -0.15) is 0 Å². The molecule has 0 amide bonds. The molecule has 0 aliphatic rings. The van der Waals surface area contributed by atoms with Crippen molar-refractivity contribution >= 4 is 17.9 Å². The van der Waals surface area contributed by atoms with Crippen LogP contribution in [0.4, 0.5) is 0 Å². The summed E-state index contributed by atoms with van der Waals surface area (Å²) >= 11 is 0. The zero-order valence-corrected chi connectivity index (χ0v) is 55.5. The highest BCUT2D eigenvalue weighted by Gasteiger charge is 2.19. The Morgan fingerprint density at radius 2 is 0.439 bits per heavy atom. The van der Waals surface area contributed by atoms with Crippen molar-refractivity contribution in [3.63, 3.8) is 0 Å². The first-order valence-electron chi connectivity index (χ1n) is 37.0. The molecule has 0 radical (unpaired) electrons. The van der Waals surface area contributed by atoms with Crippen molar-refractivity contribution in [2.75, 3.05) is 13.2 Å². The van der Waals surface area contributed by atoms with Crippen molar-refractivity contribution in [2.45, 2.75) is 419 Å². The van der Waals surface area contributed by atoms with Crippen LogP contribution < -0.4 is 0 Å². The van der Waals surface area contributed by atoms with Gasteiger partial charge in [-0.05, 0) is 77.0 Å². The molecule has 0 aromatic rings. The lowest BCUT2D eigenvalue weighted by molar-refractivity contribution is -0.167. The average Bonchev–Trinajstić information content (AvgIpc) is 3.48. The summed E-state index contributed by atoms with van der Waals surface area (Å²) in [6.07, 6.45) is 89.1. The zero-order chi connectivity index (χ0) is 59.2. The molecule has 0 spiro atoms. The summed E-state index contributed by atoms with van der Waals surface area (Å²) in [6, 6.07) is 0. The Bertz CT molecular complexity index is 1370. The third-order valence-electron chi connectivity index (χ3n) is 16.9. The Morgan fingerprint density at radius 3 is 0.683 bits per heavy atom. The molecule has 6 nitrogen and oxygen atoms in total. The summed E-state index contributed by atoms with van der Waals surface area (Å²) in [6.45, 7) is 6.69. The van der Waals surface area contributed by atoms with Gasteiger partial charge in [0.2, 0.25) is 0 Å². The maximum absolute atomic E-state index is 12.9. The third-order valence-corrected chi connectivity index (χ3v) is 16.9. The Labute approximate surface area is 512 Å². The minimum absolute atomic E-state index is 0.0679. The van der Waals surface area contributed by atoms with Crippen molar-refractivity contribution in [3.8, 4) is 0 Å². The van der Waals surface area contributed by atoms with Crippen LogP contribution in [0.5, 0.6) is 0 Å². The van der Waals surface area contributed by atoms with Gasteiger partial charge in [0.05, 0.1) is 0 Å². The summed E-state index contributed by atoms with van der Waals surface area (Å²) in [4.78, 5) is 38.4. The maximum Gasteiger partial charge on any atom is 0.306 e. The molecule has 0 aromatic carbocycles. The van der Waals surface area contributed by atoms with E-state index in [4.69, 9.17) is 14.2 Å². The SMILES string of the molecule is CCCCCCC/C=C\C/C=C\CCCCCCCCCCCCCCCCCCCCCCCCCC(=O)OCC(COC(=O)CCCCCCC/C=C\CCCCCCC)OC(=O)CCCCCCCCCCCCCCCCC. The average molecular weight is 1150 g/mol. The number of unbranched alkanes of at least 4 members (excludes halogenated alkanes) is 52. The molecule has 0 saturated heterocycles. The summed E-state index contributed by atoms with van der Waals surface area (Å²) in [7, 11) is 0. The fourth-order valence-electron chi connectivity index (χ4n) is 11.3. The normalized spacial score (nSPS) is 12.2. The van der Waals surface area contributed by atoms with Gasteiger partial charge in [0.25, 0.3) is 0 Å². The van der Waals surface area contributed by atoms with E-state index in [-0.39, 0.29) is 31.1 Å². The second-order valence-electron chi connectivity index (χ2n) is 25.2. The van der Waals surface area contributed by atoms with Gasteiger partial charge in [-0.15, -0.1) is 0 Å². The van der Waals surface area contributed by atoms with E-state index in [0.29, 0.717) is 19.3 Å². The molecule has 0 aromatic heterocycles. The molecule has 82 heavy (non-hydrogen) atoms. The number of carbonyl (C=O) groups excluding carboxylic acids is 3. The molecule has 1 atom stereocenters. The van der Waals surface area contributed by atoms with Crippen LogP contribution in [0.3, 0.4) is 0 Å². The van der Waals surface area contributed by atoms with Gasteiger partial charge >= 0.3 is 17.9 Å². The van der Waals surface area contributed by atoms with Crippen molar-refractivity contribution in [2.24, 2.45) is 0 Å². The highest BCUT2D eigenvalue weighted by Crippen LogP contribution is 2.19. The predicted molar refractivity (Wildman–Crippen MR) is 358 cm³/mol. The molecule has 0 N–H and O–H groups in total. The number of rotatable bonds is 69. The van der Waals surface area contributed by atoms with E-state index in [1.165, 1.54) is 302 Å². The fraction of sp³-hybridized carbons (Fsp3) is 0.882. The van der Waals surface area contributed by atoms with E-state index in [2.05, 4.69) is 57.2 Å². The molecule has 1 unspecified atom stereocenters. The summed E-state index contributed by atoms with van der Waals surface area (Å²) in [5.41, 5.74) is 0. The predicted octanol–water partition coefficient (Wildman–Crippen LogP) is 25.5. The topological polar surface area (TPSA) is 78.9 Å². The molecule has 0 heterocycles. The van der Waals surface area contributed by atoms with Gasteiger partial charge < -0.3 is 14.2 Å². The first-order valence-corrected chi connectivity index (χ1v) is 37.0. The van der Waals surface area contributed by atoms with Crippen molar-refractivity contribution in [3.05, 3.63) is 36.5 Å². The van der Waals surface area contributed by atoms with Crippen molar-refractivity contribution in [1.29, 1.82) is 0 Å². The Hall–Kier alpha value is -2.37. The number of esters is 3. The lowest BCUT2D eigenvalue weighted by Crippen LogP contribution is -2.30. The number of hydrogen-bond acceptors (Lipinski definition) is 6. The summed E-state index contributed by atoms with van der Waals surface area (Å²) in [5.74, 6) is -0.846. The van der Waals surface area contributed by atoms with Crippen LogP contribution in [0.2, 0.25) is 0 Å². The van der Waals surface area contributed by atoms with Gasteiger partial charge in [0.1, 0.15) is 13.2 Å². The monoisotopic (exact) mass is 1150 g/mol. The van der Waals surface area contributed by atoms with Crippen LogP contribution in [0, 0.1) is 0 Å². The molecule has 0 bridgehead atoms. The highest BCUT2D eigenvalue weighted by molar-refractivity contribution is 5.71. The van der Waals surface area contributed by atoms with E-state index in [9.17, 15) is 14.4 Å². The van der Waals surface area contributed by atoms with Crippen molar-refractivity contribution in [1.82, 2.24) is 0 Å². The van der Waals surface area contributed by atoms with E-state index in [1.54, 1.807) is 0 Å². The van der Waals surface area contributed by atoms with Gasteiger partial charge in [0.15, 0.2) is 6.10 Å². The van der Waals surface area contributed by atoms with Crippen LogP contribution in [0.25, 0.3) is 0 Å². The minimum Gasteiger partial charge on any atom is -0.462 e. The van der Waals surface area contributed by atoms with Crippen LogP contribution >= 0.6 is 0 Å². The standard InChI is InChI=1S/C76H142O6/c1-4-7-10-13-16-19-22-25-28-29-30-31-32-33-34-35-36-37-38-39-40-41-42-43-44-45-46-47-49-51-54-57-60-63-66-69-75(78)81-72-73(71-80-74(77)68-65-62-59-56-53-50-27-24-21-18-15-12-9-6-3)82-76(79)70-67-64-61-58-55-52-48-26-23-20-17-14-11-8-5-2/h22,24-25,27,29-30,73H,4-21,23,26,28,31-72H2,1-3H3/b25-22-,27-24-,30-29-. The molecular formula is C76H142O6. The molecular weight excluding hydrogens is 1010 g/mol. The van der Waals surface area contributed by atoms with Crippen LogP contribution in [0.1, 0.15) is 412 Å². The molecule has 0 aliphatic carbocycles. The lowest BCUT2D eigenvalue weighted by atomic mass is 10.0. The van der Waals surface area contributed by atoms with E-state index < -0.39 is 6.10 Å². The molecule has 0 fully saturated rings. The molecule has 0 saturated carbocycles. The van der Waals surface area contributed by atoms with E-state index in [0.717, 1.165) is 70.6 Å².